The Balaban J connectivity index is 2.04. The molecule has 0 aliphatic carbocycles. The lowest BCUT2D eigenvalue weighted by Crippen LogP contribution is -2.34. The third-order valence-electron chi connectivity index (χ3n) is 3.62. The summed E-state index contributed by atoms with van der Waals surface area (Å²) >= 11 is 1.60. The average Bonchev–Trinajstić information content (AvgIpc) is 3.08. The molecule has 3 aromatic rings. The maximum atomic E-state index is 11.6. The molecule has 0 aliphatic rings. The predicted octanol–water partition coefficient (Wildman–Crippen LogP) is 4.11. The van der Waals surface area contributed by atoms with Gasteiger partial charge in [0.2, 0.25) is 0 Å². The molecule has 0 spiro atoms. The van der Waals surface area contributed by atoms with Crippen LogP contribution in [-0.2, 0) is 9.53 Å². The van der Waals surface area contributed by atoms with E-state index in [1.807, 2.05) is 55.6 Å². The number of benzene rings is 1. The number of methoxy groups -OCH3 is 1. The summed E-state index contributed by atoms with van der Waals surface area (Å²) in [5, 5.41) is 6.31. The summed E-state index contributed by atoms with van der Waals surface area (Å²) in [6, 6.07) is 11.8. The molecule has 0 saturated heterocycles. The molecule has 0 bridgehead atoms. The second-order valence-electron chi connectivity index (χ2n) is 6.15. The number of anilines is 1. The molecule has 5 nitrogen and oxygen atoms in total. The summed E-state index contributed by atoms with van der Waals surface area (Å²) in [6.45, 7) is 3.90. The molecule has 24 heavy (non-hydrogen) atoms. The number of fused-ring (bicyclic) bond motifs is 1. The van der Waals surface area contributed by atoms with Crippen molar-refractivity contribution in [2.24, 2.45) is 0 Å². The molecule has 2 aromatic heterocycles. The van der Waals surface area contributed by atoms with Crippen LogP contribution in [0.2, 0.25) is 0 Å². The molecular weight excluding hydrogens is 322 g/mol. The number of thiophene rings is 1. The van der Waals surface area contributed by atoms with E-state index in [1.54, 1.807) is 11.3 Å². The molecule has 0 radical (unpaired) electrons. The zero-order valence-corrected chi connectivity index (χ0v) is 14.7. The van der Waals surface area contributed by atoms with Crippen LogP contribution in [0.4, 0.5) is 5.82 Å². The van der Waals surface area contributed by atoms with Crippen LogP contribution in [0.5, 0.6) is 0 Å². The SMILES string of the molecule is COC(=O)CC(C)(C)Nc1nc(-c2cccs2)nc2ccccc12. The minimum atomic E-state index is -0.489. The lowest BCUT2D eigenvalue weighted by atomic mass is 10.0. The molecule has 1 aromatic carbocycles. The van der Waals surface area contributed by atoms with E-state index in [0.717, 1.165) is 21.6 Å². The third-order valence-corrected chi connectivity index (χ3v) is 4.48. The van der Waals surface area contributed by atoms with Crippen LogP contribution in [-0.4, -0.2) is 28.6 Å². The Labute approximate surface area is 144 Å². The number of nitrogens with one attached hydrogen (secondary N) is 1. The molecule has 6 heteroatoms. The molecule has 0 amide bonds. The van der Waals surface area contributed by atoms with E-state index < -0.39 is 5.54 Å². The van der Waals surface area contributed by atoms with E-state index >= 15 is 0 Å². The minimum absolute atomic E-state index is 0.246. The van der Waals surface area contributed by atoms with Crippen LogP contribution in [0.25, 0.3) is 21.6 Å². The summed E-state index contributed by atoms with van der Waals surface area (Å²) in [5.41, 5.74) is 0.379. The number of nitrogens with zero attached hydrogens (tertiary/aromatic N) is 2. The van der Waals surface area contributed by atoms with Gasteiger partial charge < -0.3 is 10.1 Å². The van der Waals surface area contributed by atoms with Gasteiger partial charge in [-0.15, -0.1) is 11.3 Å². The zero-order chi connectivity index (χ0) is 17.2. The number of esters is 1. The first-order valence-corrected chi connectivity index (χ1v) is 8.52. The van der Waals surface area contributed by atoms with Gasteiger partial charge in [0, 0.05) is 10.9 Å². The van der Waals surface area contributed by atoms with Crippen molar-refractivity contribution >= 4 is 34.0 Å². The summed E-state index contributed by atoms with van der Waals surface area (Å²) in [5.74, 6) is 1.14. The molecule has 3 rings (SSSR count). The van der Waals surface area contributed by atoms with Gasteiger partial charge >= 0.3 is 5.97 Å². The van der Waals surface area contributed by atoms with Crippen LogP contribution >= 0.6 is 11.3 Å². The first-order chi connectivity index (χ1) is 11.5. The van der Waals surface area contributed by atoms with Crippen molar-refractivity contribution in [3.05, 3.63) is 41.8 Å². The van der Waals surface area contributed by atoms with Gasteiger partial charge in [0.15, 0.2) is 5.82 Å². The van der Waals surface area contributed by atoms with Gasteiger partial charge in [-0.1, -0.05) is 18.2 Å². The number of para-hydroxylation sites is 1. The van der Waals surface area contributed by atoms with Gasteiger partial charge in [0.05, 0.1) is 23.9 Å². The van der Waals surface area contributed by atoms with Crippen LogP contribution in [0.1, 0.15) is 20.3 Å². The maximum absolute atomic E-state index is 11.6. The number of carbonyl (C=O) groups is 1. The number of ether oxygens (including phenoxy) is 1. The number of rotatable bonds is 5. The highest BCUT2D eigenvalue weighted by atomic mass is 32.1. The van der Waals surface area contributed by atoms with Crippen molar-refractivity contribution in [2.45, 2.75) is 25.8 Å². The number of aromatic nitrogens is 2. The quantitative estimate of drug-likeness (QED) is 0.708. The van der Waals surface area contributed by atoms with Crippen molar-refractivity contribution < 1.29 is 9.53 Å². The van der Waals surface area contributed by atoms with Gasteiger partial charge in [-0.05, 0) is 37.4 Å². The van der Waals surface area contributed by atoms with E-state index in [-0.39, 0.29) is 12.4 Å². The number of carbonyl (C=O) groups excluding carboxylic acids is 1. The zero-order valence-electron chi connectivity index (χ0n) is 13.9. The third kappa shape index (κ3) is 3.54. The Morgan fingerprint density at radius 3 is 2.71 bits per heavy atom. The Morgan fingerprint density at radius 2 is 2.00 bits per heavy atom. The summed E-state index contributed by atoms with van der Waals surface area (Å²) < 4.78 is 4.78. The first kappa shape index (κ1) is 16.4. The second kappa shape index (κ2) is 6.57. The summed E-state index contributed by atoms with van der Waals surface area (Å²) in [7, 11) is 1.40. The molecule has 0 atom stereocenters. The highest BCUT2D eigenvalue weighted by Crippen LogP contribution is 2.29. The van der Waals surface area contributed by atoms with E-state index in [0.29, 0.717) is 5.82 Å². The molecule has 1 N–H and O–H groups in total. The standard InChI is InChI=1S/C18H19N3O2S/c1-18(2,11-15(22)23-3)21-16-12-7-4-5-8-13(12)19-17(20-16)14-9-6-10-24-14/h4-10H,11H2,1-3H3,(H,19,20,21). The Kier molecular flexibility index (Phi) is 4.49. The normalized spacial score (nSPS) is 11.5. The molecule has 2 heterocycles. The van der Waals surface area contributed by atoms with E-state index in [1.165, 1.54) is 7.11 Å². The lowest BCUT2D eigenvalue weighted by molar-refractivity contribution is -0.141. The van der Waals surface area contributed by atoms with Gasteiger partial charge in [0.25, 0.3) is 0 Å². The Hall–Kier alpha value is -2.47. The fourth-order valence-electron chi connectivity index (χ4n) is 2.49. The number of hydrogen-bond donors (Lipinski definition) is 1. The van der Waals surface area contributed by atoms with Crippen molar-refractivity contribution in [1.82, 2.24) is 9.97 Å². The largest absolute Gasteiger partial charge is 0.469 e. The van der Waals surface area contributed by atoms with Crippen LogP contribution in [0, 0.1) is 0 Å². The average molecular weight is 341 g/mol. The molecule has 124 valence electrons. The topological polar surface area (TPSA) is 64.1 Å². The van der Waals surface area contributed by atoms with Gasteiger partial charge in [-0.25, -0.2) is 9.97 Å². The molecule has 0 fully saturated rings. The van der Waals surface area contributed by atoms with Crippen LogP contribution in [0.3, 0.4) is 0 Å². The second-order valence-corrected chi connectivity index (χ2v) is 7.10. The molecule has 0 saturated carbocycles. The van der Waals surface area contributed by atoms with Crippen molar-refractivity contribution in [1.29, 1.82) is 0 Å². The fraction of sp³-hybridized carbons (Fsp3) is 0.278. The van der Waals surface area contributed by atoms with Gasteiger partial charge in [-0.2, -0.15) is 0 Å². The first-order valence-electron chi connectivity index (χ1n) is 7.64. The van der Waals surface area contributed by atoms with E-state index in [2.05, 4.69) is 10.3 Å². The van der Waals surface area contributed by atoms with Crippen LogP contribution in [0.15, 0.2) is 41.8 Å². The molecule has 0 unspecified atom stereocenters. The molecular formula is C18H19N3O2S. The summed E-state index contributed by atoms with van der Waals surface area (Å²) in [4.78, 5) is 22.0. The maximum Gasteiger partial charge on any atom is 0.307 e. The smallest absolute Gasteiger partial charge is 0.307 e. The highest BCUT2D eigenvalue weighted by molar-refractivity contribution is 7.13. The lowest BCUT2D eigenvalue weighted by Gasteiger charge is -2.26. The molecule has 0 aliphatic heterocycles. The minimum Gasteiger partial charge on any atom is -0.469 e. The van der Waals surface area contributed by atoms with Crippen molar-refractivity contribution in [3.8, 4) is 10.7 Å². The Bertz CT molecular complexity index is 860. The monoisotopic (exact) mass is 341 g/mol. The van der Waals surface area contributed by atoms with Crippen molar-refractivity contribution in [3.63, 3.8) is 0 Å². The number of hydrogen-bond acceptors (Lipinski definition) is 6. The van der Waals surface area contributed by atoms with Crippen LogP contribution < -0.4 is 5.32 Å². The van der Waals surface area contributed by atoms with Gasteiger partial charge in [0.1, 0.15) is 5.82 Å². The Morgan fingerprint density at radius 1 is 1.21 bits per heavy atom. The van der Waals surface area contributed by atoms with E-state index in [9.17, 15) is 4.79 Å². The highest BCUT2D eigenvalue weighted by Gasteiger charge is 2.24. The fourth-order valence-corrected chi connectivity index (χ4v) is 3.14. The summed E-state index contributed by atoms with van der Waals surface area (Å²) in [6.07, 6.45) is 0.246. The van der Waals surface area contributed by atoms with Crippen molar-refractivity contribution in [2.75, 3.05) is 12.4 Å². The predicted molar refractivity (Wildman–Crippen MR) is 97.2 cm³/mol. The van der Waals surface area contributed by atoms with E-state index in [4.69, 9.17) is 9.72 Å². The van der Waals surface area contributed by atoms with Gasteiger partial charge in [-0.3, -0.25) is 4.79 Å².